The van der Waals surface area contributed by atoms with Gasteiger partial charge in [0.1, 0.15) is 23.8 Å². The fourth-order valence-corrected chi connectivity index (χ4v) is 1.32. The number of nitrogen functional groups attached to an aromatic ring is 1. The van der Waals surface area contributed by atoms with Crippen molar-refractivity contribution in [1.82, 2.24) is 9.97 Å². The Bertz CT molecular complexity index is 376. The van der Waals surface area contributed by atoms with E-state index in [0.29, 0.717) is 11.6 Å². The summed E-state index contributed by atoms with van der Waals surface area (Å²) in [6.07, 6.45) is 0. The molecule has 8 heteroatoms. The molecule has 0 aliphatic heterocycles. The van der Waals surface area contributed by atoms with Gasteiger partial charge in [-0.2, -0.15) is 0 Å². The van der Waals surface area contributed by atoms with Crippen LogP contribution in [-0.4, -0.2) is 57.8 Å². The fraction of sp³-hybridized carbons (Fsp3) is 0.600. The number of ether oxygens (including phenoxy) is 1. The van der Waals surface area contributed by atoms with Crippen LogP contribution in [0.1, 0.15) is 5.82 Å². The van der Waals surface area contributed by atoms with Gasteiger partial charge < -0.3 is 31.1 Å². The third-order valence-corrected chi connectivity index (χ3v) is 2.37. The summed E-state index contributed by atoms with van der Waals surface area (Å²) in [4.78, 5) is 8.04. The van der Waals surface area contributed by atoms with Crippen LogP contribution in [0.3, 0.4) is 0 Å². The van der Waals surface area contributed by atoms with Crippen LogP contribution in [0.15, 0.2) is 6.07 Å². The number of methoxy groups -OCH3 is 1. The van der Waals surface area contributed by atoms with E-state index in [2.05, 4.69) is 15.3 Å². The van der Waals surface area contributed by atoms with Crippen molar-refractivity contribution in [3.8, 4) is 0 Å². The molecule has 0 spiro atoms. The number of anilines is 2. The number of aromatic nitrogens is 2. The minimum atomic E-state index is -1.26. The molecule has 0 atom stereocenters. The number of aliphatic hydroxyl groups excluding tert-OH is 3. The molecule has 0 radical (unpaired) electrons. The highest BCUT2D eigenvalue weighted by Crippen LogP contribution is 2.15. The third-order valence-electron chi connectivity index (χ3n) is 2.37. The zero-order valence-corrected chi connectivity index (χ0v) is 10.1. The summed E-state index contributed by atoms with van der Waals surface area (Å²) in [7, 11) is 1.50. The number of nitrogens with one attached hydrogen (secondary N) is 1. The second-order valence-corrected chi connectivity index (χ2v) is 3.91. The zero-order valence-electron chi connectivity index (χ0n) is 10.1. The predicted molar refractivity (Wildman–Crippen MR) is 64.8 cm³/mol. The third kappa shape index (κ3) is 3.50. The molecule has 18 heavy (non-hydrogen) atoms. The molecule has 0 unspecified atom stereocenters. The van der Waals surface area contributed by atoms with Crippen LogP contribution in [0.2, 0.25) is 0 Å². The molecule has 1 aromatic rings. The topological polar surface area (TPSA) is 134 Å². The first-order chi connectivity index (χ1) is 8.59. The van der Waals surface area contributed by atoms with Crippen LogP contribution < -0.4 is 11.1 Å². The normalized spacial score (nSPS) is 11.6. The molecule has 8 nitrogen and oxygen atoms in total. The molecular formula is C10H18N4O4. The lowest BCUT2D eigenvalue weighted by Crippen LogP contribution is -2.49. The largest absolute Gasteiger partial charge is 0.394 e. The molecule has 6 N–H and O–H groups in total. The van der Waals surface area contributed by atoms with Gasteiger partial charge in [0.15, 0.2) is 5.82 Å². The fourth-order valence-electron chi connectivity index (χ4n) is 1.32. The van der Waals surface area contributed by atoms with E-state index in [-0.39, 0.29) is 12.4 Å². The Hall–Kier alpha value is -1.48. The second kappa shape index (κ2) is 6.45. The van der Waals surface area contributed by atoms with Crippen LogP contribution in [0.5, 0.6) is 0 Å². The smallest absolute Gasteiger partial charge is 0.158 e. The predicted octanol–water partition coefficient (Wildman–Crippen LogP) is -1.67. The Labute approximate surface area is 104 Å². The van der Waals surface area contributed by atoms with Crippen LogP contribution in [-0.2, 0) is 11.3 Å². The van der Waals surface area contributed by atoms with Crippen LogP contribution >= 0.6 is 0 Å². The molecule has 0 bridgehead atoms. The summed E-state index contributed by atoms with van der Waals surface area (Å²) in [6, 6.07) is 1.44. The molecule has 1 heterocycles. The molecule has 0 aliphatic rings. The minimum absolute atomic E-state index is 0.185. The van der Waals surface area contributed by atoms with Gasteiger partial charge in [-0.3, -0.25) is 0 Å². The molecule has 0 aromatic carbocycles. The number of hydrogen-bond donors (Lipinski definition) is 5. The van der Waals surface area contributed by atoms with Crippen molar-refractivity contribution in [2.45, 2.75) is 12.1 Å². The van der Waals surface area contributed by atoms with Gasteiger partial charge in [0.05, 0.1) is 19.8 Å². The summed E-state index contributed by atoms with van der Waals surface area (Å²) < 4.78 is 4.89. The number of hydrogen-bond acceptors (Lipinski definition) is 8. The average molecular weight is 258 g/mol. The zero-order chi connectivity index (χ0) is 13.6. The van der Waals surface area contributed by atoms with Gasteiger partial charge in [-0.15, -0.1) is 0 Å². The average Bonchev–Trinajstić information content (AvgIpc) is 2.36. The van der Waals surface area contributed by atoms with Crippen molar-refractivity contribution >= 4 is 11.6 Å². The van der Waals surface area contributed by atoms with E-state index in [1.807, 2.05) is 0 Å². The summed E-state index contributed by atoms with van der Waals surface area (Å²) in [5.41, 5.74) is 4.34. The number of nitrogens with two attached hydrogens (primary N) is 1. The van der Waals surface area contributed by atoms with Gasteiger partial charge in [0, 0.05) is 13.2 Å². The Kier molecular flexibility index (Phi) is 5.23. The summed E-state index contributed by atoms with van der Waals surface area (Å²) in [6.45, 7) is -1.18. The maximum atomic E-state index is 9.20. The lowest BCUT2D eigenvalue weighted by Gasteiger charge is -2.29. The summed E-state index contributed by atoms with van der Waals surface area (Å²) >= 11 is 0. The van der Waals surface area contributed by atoms with Crippen molar-refractivity contribution in [2.75, 3.05) is 38.0 Å². The van der Waals surface area contributed by atoms with Gasteiger partial charge in [-0.25, -0.2) is 9.97 Å². The first kappa shape index (κ1) is 14.6. The van der Waals surface area contributed by atoms with Gasteiger partial charge in [0.25, 0.3) is 0 Å². The number of aliphatic hydroxyl groups is 3. The van der Waals surface area contributed by atoms with Crippen LogP contribution in [0.25, 0.3) is 0 Å². The first-order valence-corrected chi connectivity index (χ1v) is 5.32. The van der Waals surface area contributed by atoms with Gasteiger partial charge in [0.2, 0.25) is 0 Å². The SMILES string of the molecule is COCc1nc(N)cc(NC(CO)(CO)CO)n1. The summed E-state index contributed by atoms with van der Waals surface area (Å²) in [5.74, 6) is 0.886. The maximum Gasteiger partial charge on any atom is 0.158 e. The standard InChI is InChI=1S/C10H18N4O4/c1-18-3-9-12-7(11)2-8(13-9)14-10(4-15,5-16)6-17/h2,15-17H,3-6H2,1H3,(H3,11,12,13,14). The van der Waals surface area contributed by atoms with Gasteiger partial charge in [-0.1, -0.05) is 0 Å². The van der Waals surface area contributed by atoms with Crippen LogP contribution in [0.4, 0.5) is 11.6 Å². The van der Waals surface area contributed by atoms with Crippen molar-refractivity contribution in [2.24, 2.45) is 0 Å². The molecule has 0 aliphatic carbocycles. The van der Waals surface area contributed by atoms with E-state index in [9.17, 15) is 15.3 Å². The Morgan fingerprint density at radius 3 is 2.39 bits per heavy atom. The van der Waals surface area contributed by atoms with Crippen molar-refractivity contribution < 1.29 is 20.1 Å². The number of rotatable bonds is 7. The molecule has 0 saturated carbocycles. The second-order valence-electron chi connectivity index (χ2n) is 3.91. The lowest BCUT2D eigenvalue weighted by molar-refractivity contribution is 0.0830. The highest BCUT2D eigenvalue weighted by Gasteiger charge is 2.28. The molecule has 0 saturated heterocycles. The monoisotopic (exact) mass is 258 g/mol. The molecule has 102 valence electrons. The molecule has 0 amide bonds. The Morgan fingerprint density at radius 1 is 1.28 bits per heavy atom. The van der Waals surface area contributed by atoms with Crippen LogP contribution in [0, 0.1) is 0 Å². The van der Waals surface area contributed by atoms with E-state index in [4.69, 9.17) is 10.5 Å². The molecule has 1 rings (SSSR count). The van der Waals surface area contributed by atoms with E-state index >= 15 is 0 Å². The van der Waals surface area contributed by atoms with E-state index in [0.717, 1.165) is 0 Å². The molecule has 1 aromatic heterocycles. The van der Waals surface area contributed by atoms with Crippen molar-refractivity contribution in [3.05, 3.63) is 11.9 Å². The van der Waals surface area contributed by atoms with E-state index in [1.165, 1.54) is 13.2 Å². The Balaban J connectivity index is 2.95. The highest BCUT2D eigenvalue weighted by atomic mass is 16.5. The van der Waals surface area contributed by atoms with Gasteiger partial charge >= 0.3 is 0 Å². The molecular weight excluding hydrogens is 240 g/mol. The van der Waals surface area contributed by atoms with Crippen molar-refractivity contribution in [3.63, 3.8) is 0 Å². The van der Waals surface area contributed by atoms with Crippen molar-refractivity contribution in [1.29, 1.82) is 0 Å². The highest BCUT2D eigenvalue weighted by molar-refractivity contribution is 5.46. The van der Waals surface area contributed by atoms with E-state index in [1.54, 1.807) is 0 Å². The Morgan fingerprint density at radius 2 is 1.89 bits per heavy atom. The van der Waals surface area contributed by atoms with Gasteiger partial charge in [-0.05, 0) is 0 Å². The quantitative estimate of drug-likeness (QED) is 0.392. The molecule has 0 fully saturated rings. The van der Waals surface area contributed by atoms with E-state index < -0.39 is 25.4 Å². The number of nitrogens with zero attached hydrogens (tertiary/aromatic N) is 2. The lowest BCUT2D eigenvalue weighted by atomic mass is 10.0. The minimum Gasteiger partial charge on any atom is -0.394 e. The maximum absolute atomic E-state index is 9.20. The first-order valence-electron chi connectivity index (χ1n) is 5.32. The summed E-state index contributed by atoms with van der Waals surface area (Å²) in [5, 5.41) is 30.3.